The lowest BCUT2D eigenvalue weighted by atomic mass is 10.1. The molecule has 90 valence electrons. The number of hydrogen-bond acceptors (Lipinski definition) is 1. The molecule has 0 saturated carbocycles. The Morgan fingerprint density at radius 2 is 2.19 bits per heavy atom. The van der Waals surface area contributed by atoms with Crippen molar-refractivity contribution >= 4 is 11.6 Å². The fraction of sp³-hybridized carbons (Fsp3) is 0.538. The van der Waals surface area contributed by atoms with E-state index in [0.29, 0.717) is 11.9 Å². The number of aryl methyl sites for hydroxylation is 1. The van der Waals surface area contributed by atoms with Crippen LogP contribution in [-0.4, -0.2) is 11.9 Å². The molecule has 0 aliphatic heterocycles. The van der Waals surface area contributed by atoms with E-state index in [1.807, 2.05) is 13.0 Å². The summed E-state index contributed by atoms with van der Waals surface area (Å²) in [7, 11) is 0. The van der Waals surface area contributed by atoms with Crippen LogP contribution < -0.4 is 5.32 Å². The molecule has 1 nitrogen and oxygen atoms in total. The van der Waals surface area contributed by atoms with Crippen molar-refractivity contribution in [2.24, 2.45) is 0 Å². The maximum atomic E-state index is 12.9. The van der Waals surface area contributed by atoms with Crippen molar-refractivity contribution in [3.63, 3.8) is 0 Å². The highest BCUT2D eigenvalue weighted by atomic mass is 35.5. The van der Waals surface area contributed by atoms with E-state index in [1.54, 1.807) is 6.07 Å². The highest BCUT2D eigenvalue weighted by Gasteiger charge is 2.03. The van der Waals surface area contributed by atoms with Gasteiger partial charge in [0.25, 0.3) is 0 Å². The Morgan fingerprint density at radius 3 is 2.81 bits per heavy atom. The van der Waals surface area contributed by atoms with Gasteiger partial charge in [-0.3, -0.25) is 0 Å². The molecule has 3 heteroatoms. The summed E-state index contributed by atoms with van der Waals surface area (Å²) in [5, 5.41) is 3.41. The number of alkyl halides is 1. The van der Waals surface area contributed by atoms with Crippen LogP contribution in [0.2, 0.25) is 0 Å². The average molecular weight is 244 g/mol. The summed E-state index contributed by atoms with van der Waals surface area (Å²) in [4.78, 5) is 0. The highest BCUT2D eigenvalue weighted by molar-refractivity contribution is 6.17. The summed E-state index contributed by atoms with van der Waals surface area (Å²) < 4.78 is 12.9. The van der Waals surface area contributed by atoms with Gasteiger partial charge in [0.05, 0.1) is 0 Å². The molecular weight excluding hydrogens is 225 g/mol. The second-order valence-electron chi connectivity index (χ2n) is 4.18. The normalized spacial score (nSPS) is 12.8. The van der Waals surface area contributed by atoms with Crippen molar-refractivity contribution in [1.82, 2.24) is 5.32 Å². The molecular formula is C13H19ClFN. The first-order valence-electron chi connectivity index (χ1n) is 5.68. The summed E-state index contributed by atoms with van der Waals surface area (Å²) in [5.41, 5.74) is 2.15. The van der Waals surface area contributed by atoms with Gasteiger partial charge >= 0.3 is 0 Å². The zero-order chi connectivity index (χ0) is 12.0. The molecule has 0 amide bonds. The Bertz CT molecular complexity index is 328. The van der Waals surface area contributed by atoms with Crippen LogP contribution in [0.1, 0.15) is 30.9 Å². The summed E-state index contributed by atoms with van der Waals surface area (Å²) in [6.07, 6.45) is 2.10. The number of nitrogens with one attached hydrogen (secondary N) is 1. The molecule has 1 atom stereocenters. The summed E-state index contributed by atoms with van der Waals surface area (Å²) >= 11 is 5.64. The largest absolute Gasteiger partial charge is 0.310 e. The van der Waals surface area contributed by atoms with Crippen molar-refractivity contribution < 1.29 is 4.39 Å². The van der Waals surface area contributed by atoms with Crippen molar-refractivity contribution in [2.45, 2.75) is 39.3 Å². The van der Waals surface area contributed by atoms with E-state index in [0.717, 1.165) is 30.5 Å². The minimum Gasteiger partial charge on any atom is -0.310 e. The molecule has 0 aliphatic rings. The molecule has 0 radical (unpaired) electrons. The monoisotopic (exact) mass is 243 g/mol. The fourth-order valence-corrected chi connectivity index (χ4v) is 1.78. The average Bonchev–Trinajstić information content (AvgIpc) is 2.25. The van der Waals surface area contributed by atoms with Gasteiger partial charge in [-0.25, -0.2) is 4.39 Å². The maximum absolute atomic E-state index is 12.9. The van der Waals surface area contributed by atoms with Gasteiger partial charge in [0, 0.05) is 18.5 Å². The summed E-state index contributed by atoms with van der Waals surface area (Å²) in [6.45, 7) is 4.87. The van der Waals surface area contributed by atoms with E-state index < -0.39 is 0 Å². The Kier molecular flexibility index (Phi) is 5.78. The van der Waals surface area contributed by atoms with Gasteiger partial charge in [-0.2, -0.15) is 0 Å². The Hall–Kier alpha value is -0.600. The van der Waals surface area contributed by atoms with Gasteiger partial charge in [-0.1, -0.05) is 6.07 Å². The molecule has 1 unspecified atom stereocenters. The van der Waals surface area contributed by atoms with Crippen LogP contribution in [-0.2, 0) is 6.54 Å². The second kappa shape index (κ2) is 6.87. The quantitative estimate of drug-likeness (QED) is 0.753. The molecule has 0 spiro atoms. The van der Waals surface area contributed by atoms with Crippen LogP contribution in [0.5, 0.6) is 0 Å². The van der Waals surface area contributed by atoms with Gasteiger partial charge in [-0.05, 0) is 49.9 Å². The predicted molar refractivity (Wildman–Crippen MR) is 67.4 cm³/mol. The summed E-state index contributed by atoms with van der Waals surface area (Å²) in [5.74, 6) is 0.540. The molecule has 1 N–H and O–H groups in total. The maximum Gasteiger partial charge on any atom is 0.123 e. The van der Waals surface area contributed by atoms with E-state index in [9.17, 15) is 4.39 Å². The Morgan fingerprint density at radius 1 is 1.44 bits per heavy atom. The lowest BCUT2D eigenvalue weighted by Crippen LogP contribution is -2.25. The van der Waals surface area contributed by atoms with Crippen molar-refractivity contribution in [3.8, 4) is 0 Å². The van der Waals surface area contributed by atoms with Crippen LogP contribution >= 0.6 is 11.6 Å². The standard InChI is InChI=1S/C13H19ClFN/c1-10-8-13(15)6-5-12(10)9-16-11(2)4-3-7-14/h5-6,8,11,16H,3-4,7,9H2,1-2H3. The first-order valence-corrected chi connectivity index (χ1v) is 6.21. The van der Waals surface area contributed by atoms with Crippen molar-refractivity contribution in [3.05, 3.63) is 35.1 Å². The van der Waals surface area contributed by atoms with Crippen LogP contribution in [0.15, 0.2) is 18.2 Å². The minimum atomic E-state index is -0.170. The third-order valence-corrected chi connectivity index (χ3v) is 2.98. The smallest absolute Gasteiger partial charge is 0.123 e. The van der Waals surface area contributed by atoms with Crippen molar-refractivity contribution in [2.75, 3.05) is 5.88 Å². The lowest BCUT2D eigenvalue weighted by Gasteiger charge is -2.14. The third-order valence-electron chi connectivity index (χ3n) is 2.72. The molecule has 0 heterocycles. The van der Waals surface area contributed by atoms with E-state index in [-0.39, 0.29) is 5.82 Å². The van der Waals surface area contributed by atoms with Crippen LogP contribution in [0.4, 0.5) is 4.39 Å². The van der Waals surface area contributed by atoms with Crippen LogP contribution in [0.3, 0.4) is 0 Å². The molecule has 0 bridgehead atoms. The van der Waals surface area contributed by atoms with Gasteiger partial charge in [0.2, 0.25) is 0 Å². The number of halogens is 2. The SMILES string of the molecule is Cc1cc(F)ccc1CNC(C)CCCCl. The van der Waals surface area contributed by atoms with E-state index in [4.69, 9.17) is 11.6 Å². The van der Waals surface area contributed by atoms with Gasteiger partial charge in [0.1, 0.15) is 5.82 Å². The first-order chi connectivity index (χ1) is 7.63. The zero-order valence-corrected chi connectivity index (χ0v) is 10.6. The minimum absolute atomic E-state index is 0.170. The van der Waals surface area contributed by atoms with Crippen molar-refractivity contribution in [1.29, 1.82) is 0 Å². The highest BCUT2D eigenvalue weighted by Crippen LogP contribution is 2.10. The van der Waals surface area contributed by atoms with Gasteiger partial charge in [0.15, 0.2) is 0 Å². The molecule has 0 aliphatic carbocycles. The fourth-order valence-electron chi connectivity index (χ4n) is 1.63. The lowest BCUT2D eigenvalue weighted by molar-refractivity contribution is 0.508. The van der Waals surface area contributed by atoms with Gasteiger partial charge < -0.3 is 5.32 Å². The molecule has 16 heavy (non-hydrogen) atoms. The topological polar surface area (TPSA) is 12.0 Å². The zero-order valence-electron chi connectivity index (χ0n) is 9.89. The number of rotatable bonds is 6. The van der Waals surface area contributed by atoms with Crippen LogP contribution in [0, 0.1) is 12.7 Å². The third kappa shape index (κ3) is 4.50. The Labute approximate surface area is 102 Å². The van der Waals surface area contributed by atoms with Gasteiger partial charge in [-0.15, -0.1) is 11.6 Å². The predicted octanol–water partition coefficient (Wildman–Crippen LogP) is 3.63. The molecule has 1 rings (SSSR count). The number of benzene rings is 1. The van der Waals surface area contributed by atoms with Crippen LogP contribution in [0.25, 0.3) is 0 Å². The number of hydrogen-bond donors (Lipinski definition) is 1. The first kappa shape index (κ1) is 13.5. The molecule has 0 fully saturated rings. The second-order valence-corrected chi connectivity index (χ2v) is 4.56. The van der Waals surface area contributed by atoms with E-state index in [1.165, 1.54) is 6.07 Å². The molecule has 0 aromatic heterocycles. The molecule has 1 aromatic rings. The van der Waals surface area contributed by atoms with E-state index in [2.05, 4.69) is 12.2 Å². The molecule has 1 aromatic carbocycles. The van der Waals surface area contributed by atoms with E-state index >= 15 is 0 Å². The Balaban J connectivity index is 2.42. The summed E-state index contributed by atoms with van der Waals surface area (Å²) in [6, 6.07) is 5.36. The molecule has 0 saturated heterocycles.